The molecule has 0 atom stereocenters. The van der Waals surface area contributed by atoms with Crippen molar-refractivity contribution in [1.29, 1.82) is 0 Å². The van der Waals surface area contributed by atoms with Gasteiger partial charge in [-0.2, -0.15) is 4.98 Å². The molecule has 26 heavy (non-hydrogen) atoms. The monoisotopic (exact) mass is 378 g/mol. The van der Waals surface area contributed by atoms with Crippen LogP contribution in [-0.4, -0.2) is 47.6 Å². The summed E-state index contributed by atoms with van der Waals surface area (Å²) in [5.41, 5.74) is 0.846. The molecule has 1 amide bonds. The van der Waals surface area contributed by atoms with Crippen LogP contribution in [0.2, 0.25) is 0 Å². The highest BCUT2D eigenvalue weighted by Gasteiger charge is 2.30. The summed E-state index contributed by atoms with van der Waals surface area (Å²) in [6.07, 6.45) is 1.04. The molecule has 1 saturated heterocycles. The molecule has 0 spiro atoms. The van der Waals surface area contributed by atoms with E-state index in [1.807, 2.05) is 30.3 Å². The maximum Gasteiger partial charge on any atom is 0.246 e. The zero-order chi connectivity index (χ0) is 18.6. The quantitative estimate of drug-likeness (QED) is 0.815. The lowest BCUT2D eigenvalue weighted by molar-refractivity contribution is -0.126. The fourth-order valence-electron chi connectivity index (χ4n) is 2.92. The fourth-order valence-corrected chi connectivity index (χ4v) is 4.05. The van der Waals surface area contributed by atoms with Gasteiger partial charge in [-0.3, -0.25) is 4.79 Å². The third-order valence-electron chi connectivity index (χ3n) is 4.50. The number of carbonyl (C=O) groups is 1. The second-order valence-corrected chi connectivity index (χ2v) is 8.43. The first-order chi connectivity index (χ1) is 12.5. The maximum atomic E-state index is 12.3. The highest BCUT2D eigenvalue weighted by molar-refractivity contribution is 7.89. The molecule has 0 radical (unpaired) electrons. The molecule has 0 unspecified atom stereocenters. The average molecular weight is 378 g/mol. The molecule has 0 aliphatic carbocycles. The summed E-state index contributed by atoms with van der Waals surface area (Å²) in [6, 6.07) is 9.44. The Morgan fingerprint density at radius 2 is 1.96 bits per heavy atom. The van der Waals surface area contributed by atoms with Crippen molar-refractivity contribution in [3.8, 4) is 11.4 Å². The zero-order valence-corrected chi connectivity index (χ0v) is 15.4. The molecule has 3 rings (SSSR count). The number of piperidine rings is 1. The molecule has 1 fully saturated rings. The third-order valence-corrected chi connectivity index (χ3v) is 6.38. The highest BCUT2D eigenvalue weighted by Crippen LogP contribution is 2.20. The number of nitrogens with zero attached hydrogens (tertiary/aromatic N) is 3. The standard InChI is InChI=1S/C17H22N4O4S/c1-2-26(23,24)21-10-8-14(9-11-21)17(22)18-12-15-19-16(20-25-15)13-6-4-3-5-7-13/h3-7,14H,2,8-12H2,1H3,(H,18,22). The van der Waals surface area contributed by atoms with E-state index in [4.69, 9.17) is 4.52 Å². The maximum absolute atomic E-state index is 12.3. The van der Waals surface area contributed by atoms with Crippen molar-refractivity contribution in [3.63, 3.8) is 0 Å². The number of hydrogen-bond acceptors (Lipinski definition) is 6. The van der Waals surface area contributed by atoms with Gasteiger partial charge in [0.25, 0.3) is 0 Å². The van der Waals surface area contributed by atoms with Crippen molar-refractivity contribution in [2.24, 2.45) is 5.92 Å². The molecular weight excluding hydrogens is 356 g/mol. The predicted octanol–water partition coefficient (Wildman–Crippen LogP) is 1.41. The van der Waals surface area contributed by atoms with Crippen LogP contribution in [0.4, 0.5) is 0 Å². The Kier molecular flexibility index (Phi) is 5.67. The Bertz CT molecular complexity index is 843. The molecule has 1 aromatic heterocycles. The van der Waals surface area contributed by atoms with Gasteiger partial charge in [0.1, 0.15) is 0 Å². The minimum atomic E-state index is -3.18. The summed E-state index contributed by atoms with van der Waals surface area (Å²) < 4.78 is 30.3. The Hall–Kier alpha value is -2.26. The van der Waals surface area contributed by atoms with Gasteiger partial charge in [-0.1, -0.05) is 35.5 Å². The molecule has 9 heteroatoms. The fraction of sp³-hybridized carbons (Fsp3) is 0.471. The molecule has 0 saturated carbocycles. The van der Waals surface area contributed by atoms with E-state index in [0.29, 0.717) is 37.6 Å². The van der Waals surface area contributed by atoms with Crippen LogP contribution in [0.15, 0.2) is 34.9 Å². The van der Waals surface area contributed by atoms with Crippen LogP contribution in [0.25, 0.3) is 11.4 Å². The number of benzene rings is 1. The molecule has 1 aromatic carbocycles. The minimum Gasteiger partial charge on any atom is -0.347 e. The van der Waals surface area contributed by atoms with E-state index in [1.165, 1.54) is 4.31 Å². The van der Waals surface area contributed by atoms with Crippen LogP contribution in [0.5, 0.6) is 0 Å². The lowest BCUT2D eigenvalue weighted by Gasteiger charge is -2.30. The van der Waals surface area contributed by atoms with Gasteiger partial charge in [0.05, 0.1) is 12.3 Å². The summed E-state index contributed by atoms with van der Waals surface area (Å²) >= 11 is 0. The molecule has 1 aliphatic heterocycles. The Balaban J connectivity index is 1.50. The van der Waals surface area contributed by atoms with E-state index in [-0.39, 0.29) is 24.1 Å². The minimum absolute atomic E-state index is 0.0881. The zero-order valence-electron chi connectivity index (χ0n) is 14.6. The van der Waals surface area contributed by atoms with Crippen molar-refractivity contribution < 1.29 is 17.7 Å². The van der Waals surface area contributed by atoms with Crippen LogP contribution >= 0.6 is 0 Å². The lowest BCUT2D eigenvalue weighted by atomic mass is 9.97. The first kappa shape index (κ1) is 18.5. The second-order valence-electron chi connectivity index (χ2n) is 6.17. The van der Waals surface area contributed by atoms with Gasteiger partial charge in [0.2, 0.25) is 27.6 Å². The highest BCUT2D eigenvalue weighted by atomic mass is 32.2. The van der Waals surface area contributed by atoms with Crippen LogP contribution in [-0.2, 0) is 21.4 Å². The molecular formula is C17H22N4O4S. The van der Waals surface area contributed by atoms with Crippen molar-refractivity contribution in [2.75, 3.05) is 18.8 Å². The van der Waals surface area contributed by atoms with Gasteiger partial charge in [0, 0.05) is 24.6 Å². The number of rotatable bonds is 6. The van der Waals surface area contributed by atoms with Gasteiger partial charge >= 0.3 is 0 Å². The van der Waals surface area contributed by atoms with Crippen molar-refractivity contribution in [3.05, 3.63) is 36.2 Å². The molecule has 2 aromatic rings. The molecule has 1 aliphatic rings. The topological polar surface area (TPSA) is 105 Å². The van der Waals surface area contributed by atoms with E-state index in [1.54, 1.807) is 6.92 Å². The van der Waals surface area contributed by atoms with Gasteiger partial charge in [-0.25, -0.2) is 12.7 Å². The summed E-state index contributed by atoms with van der Waals surface area (Å²) in [7, 11) is -3.18. The van der Waals surface area contributed by atoms with Gasteiger partial charge in [0.15, 0.2) is 0 Å². The van der Waals surface area contributed by atoms with Gasteiger partial charge in [-0.15, -0.1) is 0 Å². The first-order valence-corrected chi connectivity index (χ1v) is 10.2. The SMILES string of the molecule is CCS(=O)(=O)N1CCC(C(=O)NCc2nc(-c3ccccc3)no2)CC1. The van der Waals surface area contributed by atoms with Crippen LogP contribution < -0.4 is 5.32 Å². The Labute approximate surface area is 152 Å². The van der Waals surface area contributed by atoms with Crippen molar-refractivity contribution in [1.82, 2.24) is 19.8 Å². The molecule has 0 bridgehead atoms. The predicted molar refractivity (Wildman–Crippen MR) is 95.3 cm³/mol. The van der Waals surface area contributed by atoms with Crippen LogP contribution in [0, 0.1) is 5.92 Å². The normalized spacial score (nSPS) is 16.5. The van der Waals surface area contributed by atoms with Crippen LogP contribution in [0.1, 0.15) is 25.7 Å². The summed E-state index contributed by atoms with van der Waals surface area (Å²) in [5, 5.41) is 6.71. The average Bonchev–Trinajstić information content (AvgIpc) is 3.16. The van der Waals surface area contributed by atoms with Crippen molar-refractivity contribution >= 4 is 15.9 Å². The second kappa shape index (κ2) is 7.96. The van der Waals surface area contributed by atoms with Gasteiger partial charge < -0.3 is 9.84 Å². The summed E-state index contributed by atoms with van der Waals surface area (Å²) in [5.74, 6) is 0.592. The van der Waals surface area contributed by atoms with E-state index < -0.39 is 10.0 Å². The number of sulfonamides is 1. The molecule has 140 valence electrons. The molecule has 1 N–H and O–H groups in total. The lowest BCUT2D eigenvalue weighted by Crippen LogP contribution is -2.43. The first-order valence-electron chi connectivity index (χ1n) is 8.63. The third kappa shape index (κ3) is 4.28. The summed E-state index contributed by atoms with van der Waals surface area (Å²) in [4.78, 5) is 16.6. The molecule has 2 heterocycles. The number of amides is 1. The number of carbonyl (C=O) groups excluding carboxylic acids is 1. The van der Waals surface area contributed by atoms with E-state index >= 15 is 0 Å². The van der Waals surface area contributed by atoms with E-state index in [2.05, 4.69) is 15.5 Å². The summed E-state index contributed by atoms with van der Waals surface area (Å²) in [6.45, 7) is 2.55. The largest absolute Gasteiger partial charge is 0.347 e. The van der Waals surface area contributed by atoms with Crippen molar-refractivity contribution in [2.45, 2.75) is 26.3 Å². The number of aromatic nitrogens is 2. The molecule has 8 nitrogen and oxygen atoms in total. The number of nitrogens with one attached hydrogen (secondary N) is 1. The number of hydrogen-bond donors (Lipinski definition) is 1. The van der Waals surface area contributed by atoms with Gasteiger partial charge in [-0.05, 0) is 19.8 Å². The van der Waals surface area contributed by atoms with E-state index in [0.717, 1.165) is 5.56 Å². The smallest absolute Gasteiger partial charge is 0.246 e. The Morgan fingerprint density at radius 1 is 1.27 bits per heavy atom. The van der Waals surface area contributed by atoms with E-state index in [9.17, 15) is 13.2 Å². The van der Waals surface area contributed by atoms with Crippen LogP contribution in [0.3, 0.4) is 0 Å². The Morgan fingerprint density at radius 3 is 2.62 bits per heavy atom.